The van der Waals surface area contributed by atoms with Crippen LogP contribution in [0.15, 0.2) is 36.9 Å². The quantitative estimate of drug-likeness (QED) is 0.713. The Morgan fingerprint density at radius 1 is 1.42 bits per heavy atom. The number of nitrogens with one attached hydrogen (secondary N) is 2. The predicted octanol–water partition coefficient (Wildman–Crippen LogP) is 0.230. The van der Waals surface area contributed by atoms with Gasteiger partial charge in [-0.05, 0) is 12.1 Å². The van der Waals surface area contributed by atoms with Gasteiger partial charge in [-0.3, -0.25) is 9.78 Å². The van der Waals surface area contributed by atoms with Crippen LogP contribution in [0.25, 0.3) is 0 Å². The predicted molar refractivity (Wildman–Crippen MR) is 65.4 cm³/mol. The zero-order valence-electron chi connectivity index (χ0n) is 9.91. The Hall–Kier alpha value is -2.70. The van der Waals surface area contributed by atoms with Gasteiger partial charge in [0.2, 0.25) is 0 Å². The number of aliphatic carboxylic acids is 1. The van der Waals surface area contributed by atoms with Gasteiger partial charge in [0, 0.05) is 24.5 Å². The molecule has 7 heteroatoms. The highest BCUT2D eigenvalue weighted by Gasteiger charge is 2.22. The van der Waals surface area contributed by atoms with Crippen molar-refractivity contribution in [2.45, 2.75) is 12.5 Å². The van der Waals surface area contributed by atoms with Crippen molar-refractivity contribution in [3.63, 3.8) is 0 Å². The van der Waals surface area contributed by atoms with Gasteiger partial charge in [0.1, 0.15) is 11.7 Å². The van der Waals surface area contributed by atoms with Gasteiger partial charge in [-0.15, -0.1) is 0 Å². The van der Waals surface area contributed by atoms with Crippen LogP contribution in [0, 0.1) is 0 Å². The molecule has 0 aromatic carbocycles. The Balaban J connectivity index is 2.05. The van der Waals surface area contributed by atoms with Gasteiger partial charge >= 0.3 is 5.97 Å². The van der Waals surface area contributed by atoms with Gasteiger partial charge in [-0.1, -0.05) is 6.07 Å². The summed E-state index contributed by atoms with van der Waals surface area (Å²) in [6.07, 6.45) is 4.57. The summed E-state index contributed by atoms with van der Waals surface area (Å²) in [5.41, 5.74) is 0.812. The first-order chi connectivity index (χ1) is 9.16. The molecule has 0 aliphatic carbocycles. The summed E-state index contributed by atoms with van der Waals surface area (Å²) in [4.78, 5) is 33.4. The van der Waals surface area contributed by atoms with Gasteiger partial charge < -0.3 is 15.4 Å². The summed E-state index contributed by atoms with van der Waals surface area (Å²) in [5.74, 6) is -1.63. The third-order valence-electron chi connectivity index (χ3n) is 2.48. The summed E-state index contributed by atoms with van der Waals surface area (Å²) in [6.45, 7) is 0. The molecule has 0 saturated heterocycles. The molecule has 1 atom stereocenters. The molecule has 2 aromatic rings. The molecule has 0 bridgehead atoms. The Bertz CT molecular complexity index is 554. The number of H-pyrrole nitrogens is 1. The minimum Gasteiger partial charge on any atom is -0.480 e. The van der Waals surface area contributed by atoms with E-state index in [2.05, 4.69) is 20.3 Å². The lowest BCUT2D eigenvalue weighted by Gasteiger charge is -2.13. The number of carboxylic acid groups (broad SMARTS) is 1. The van der Waals surface area contributed by atoms with Gasteiger partial charge in [-0.2, -0.15) is 0 Å². The molecule has 98 valence electrons. The fourth-order valence-corrected chi connectivity index (χ4v) is 1.55. The highest BCUT2D eigenvalue weighted by Crippen LogP contribution is 2.01. The maximum absolute atomic E-state index is 11.8. The van der Waals surface area contributed by atoms with Crippen LogP contribution >= 0.6 is 0 Å². The van der Waals surface area contributed by atoms with Gasteiger partial charge in [0.25, 0.3) is 5.91 Å². The second-order valence-electron chi connectivity index (χ2n) is 3.86. The first-order valence-corrected chi connectivity index (χ1v) is 5.59. The second-order valence-corrected chi connectivity index (χ2v) is 3.86. The summed E-state index contributed by atoms with van der Waals surface area (Å²) in [7, 11) is 0. The maximum Gasteiger partial charge on any atom is 0.326 e. The van der Waals surface area contributed by atoms with Gasteiger partial charge in [0.15, 0.2) is 0 Å². The molecule has 1 unspecified atom stereocenters. The van der Waals surface area contributed by atoms with Crippen LogP contribution < -0.4 is 5.32 Å². The van der Waals surface area contributed by atoms with Crippen molar-refractivity contribution in [2.24, 2.45) is 0 Å². The number of aromatic amines is 1. The molecule has 19 heavy (non-hydrogen) atoms. The zero-order valence-corrected chi connectivity index (χ0v) is 9.91. The Morgan fingerprint density at radius 2 is 2.26 bits per heavy atom. The van der Waals surface area contributed by atoms with E-state index < -0.39 is 17.9 Å². The van der Waals surface area contributed by atoms with Gasteiger partial charge in [0.05, 0.1) is 6.33 Å². The highest BCUT2D eigenvalue weighted by atomic mass is 16.4. The molecule has 0 spiro atoms. The first kappa shape index (κ1) is 12.7. The van der Waals surface area contributed by atoms with Crippen LogP contribution in [0.2, 0.25) is 0 Å². The molecular weight excluding hydrogens is 248 g/mol. The molecule has 0 fully saturated rings. The molecule has 2 aromatic heterocycles. The van der Waals surface area contributed by atoms with Crippen molar-refractivity contribution in [3.8, 4) is 0 Å². The number of carbonyl (C=O) groups excluding carboxylic acids is 1. The molecule has 0 aliphatic heterocycles. The van der Waals surface area contributed by atoms with E-state index in [9.17, 15) is 9.59 Å². The monoisotopic (exact) mass is 260 g/mol. The average molecular weight is 260 g/mol. The van der Waals surface area contributed by atoms with Crippen molar-refractivity contribution >= 4 is 11.9 Å². The van der Waals surface area contributed by atoms with Crippen LogP contribution in [0.1, 0.15) is 16.2 Å². The first-order valence-electron chi connectivity index (χ1n) is 5.59. The van der Waals surface area contributed by atoms with Crippen molar-refractivity contribution in [1.82, 2.24) is 20.3 Å². The van der Waals surface area contributed by atoms with Crippen molar-refractivity contribution in [3.05, 3.63) is 48.3 Å². The molecule has 0 radical (unpaired) electrons. The molecule has 3 N–H and O–H groups in total. The molecule has 1 amide bonds. The van der Waals surface area contributed by atoms with E-state index in [1.807, 2.05) is 0 Å². The summed E-state index contributed by atoms with van der Waals surface area (Å²) >= 11 is 0. The summed E-state index contributed by atoms with van der Waals surface area (Å²) in [5, 5.41) is 11.5. The van der Waals surface area contributed by atoms with E-state index in [0.29, 0.717) is 5.69 Å². The third-order valence-corrected chi connectivity index (χ3v) is 2.48. The van der Waals surface area contributed by atoms with Crippen LogP contribution in [-0.2, 0) is 11.2 Å². The lowest BCUT2D eigenvalue weighted by atomic mass is 10.1. The van der Waals surface area contributed by atoms with E-state index in [4.69, 9.17) is 5.11 Å². The van der Waals surface area contributed by atoms with Crippen LogP contribution in [-0.4, -0.2) is 38.0 Å². The van der Waals surface area contributed by atoms with E-state index in [0.717, 1.165) is 0 Å². The van der Waals surface area contributed by atoms with Crippen LogP contribution in [0.5, 0.6) is 0 Å². The van der Waals surface area contributed by atoms with Crippen LogP contribution in [0.3, 0.4) is 0 Å². The topological polar surface area (TPSA) is 108 Å². The smallest absolute Gasteiger partial charge is 0.326 e. The fraction of sp³-hybridized carbons (Fsp3) is 0.167. The Labute approximate surface area is 108 Å². The van der Waals surface area contributed by atoms with Gasteiger partial charge in [-0.25, -0.2) is 9.78 Å². The largest absolute Gasteiger partial charge is 0.480 e. The third kappa shape index (κ3) is 3.38. The fourth-order valence-electron chi connectivity index (χ4n) is 1.55. The molecule has 7 nitrogen and oxygen atoms in total. The molecule has 0 aliphatic rings. The lowest BCUT2D eigenvalue weighted by molar-refractivity contribution is -0.139. The number of pyridine rings is 1. The Kier molecular flexibility index (Phi) is 3.87. The molecular formula is C12H12N4O3. The Morgan fingerprint density at radius 3 is 2.84 bits per heavy atom. The van der Waals surface area contributed by atoms with Crippen LogP contribution in [0.4, 0.5) is 0 Å². The molecule has 0 saturated carbocycles. The number of hydrogen-bond donors (Lipinski definition) is 3. The van der Waals surface area contributed by atoms with Crippen molar-refractivity contribution in [1.29, 1.82) is 0 Å². The second kappa shape index (κ2) is 5.76. The zero-order chi connectivity index (χ0) is 13.7. The number of hydrogen-bond acceptors (Lipinski definition) is 4. The average Bonchev–Trinajstić information content (AvgIpc) is 2.91. The number of nitrogens with zero attached hydrogens (tertiary/aromatic N) is 2. The standard InChI is InChI=1S/C12H12N4O3/c17-11(9-3-1-2-4-14-9)16-10(12(18)19)5-8-6-13-7-15-8/h1-4,6-7,10H,5H2,(H,13,15)(H,16,17)(H,18,19). The number of carbonyl (C=O) groups is 2. The molecule has 2 rings (SSSR count). The number of aromatic nitrogens is 3. The number of amides is 1. The molecule has 2 heterocycles. The normalized spacial score (nSPS) is 11.8. The summed E-state index contributed by atoms with van der Waals surface area (Å²) < 4.78 is 0. The maximum atomic E-state index is 11.8. The van der Waals surface area contributed by atoms with E-state index in [-0.39, 0.29) is 12.1 Å². The number of imidazole rings is 1. The minimum absolute atomic E-state index is 0.133. The minimum atomic E-state index is -1.11. The number of rotatable bonds is 5. The van der Waals surface area contributed by atoms with Crippen molar-refractivity contribution in [2.75, 3.05) is 0 Å². The van der Waals surface area contributed by atoms with E-state index in [1.54, 1.807) is 12.1 Å². The highest BCUT2D eigenvalue weighted by molar-refractivity contribution is 5.94. The van der Waals surface area contributed by atoms with E-state index in [1.165, 1.54) is 24.8 Å². The number of carboxylic acids is 1. The summed E-state index contributed by atoms with van der Waals surface area (Å²) in [6, 6.07) is 3.82. The van der Waals surface area contributed by atoms with Crippen molar-refractivity contribution < 1.29 is 14.7 Å². The SMILES string of the molecule is O=C(NC(Cc1cnc[nH]1)C(=O)O)c1ccccn1. The lowest BCUT2D eigenvalue weighted by Crippen LogP contribution is -2.42. The van der Waals surface area contributed by atoms with E-state index >= 15 is 0 Å².